The van der Waals surface area contributed by atoms with Crippen LogP contribution < -0.4 is 5.32 Å². The normalized spacial score (nSPS) is 21.9. The Morgan fingerprint density at radius 3 is 2.55 bits per heavy atom. The molecule has 7 heteroatoms. The smallest absolute Gasteiger partial charge is 0.281 e. The van der Waals surface area contributed by atoms with Crippen LogP contribution in [0.1, 0.15) is 56.9 Å². The summed E-state index contributed by atoms with van der Waals surface area (Å²) in [6.45, 7) is 1.43. The molecule has 1 saturated carbocycles. The van der Waals surface area contributed by atoms with Crippen molar-refractivity contribution >= 4 is 16.1 Å². The number of amides is 1. The Balaban J connectivity index is 1.48. The van der Waals surface area contributed by atoms with Crippen LogP contribution in [-0.4, -0.2) is 55.7 Å². The largest absolute Gasteiger partial charge is 0.356 e. The van der Waals surface area contributed by atoms with Crippen LogP contribution in [0.5, 0.6) is 0 Å². The summed E-state index contributed by atoms with van der Waals surface area (Å²) in [5.41, 5.74) is 1.27. The Kier molecular flexibility index (Phi) is 8.09. The van der Waals surface area contributed by atoms with Crippen LogP contribution in [0.4, 0.5) is 0 Å². The summed E-state index contributed by atoms with van der Waals surface area (Å²) in [5.74, 6) is -0.270. The fourth-order valence-electron chi connectivity index (χ4n) is 4.47. The van der Waals surface area contributed by atoms with Crippen molar-refractivity contribution in [3.05, 3.63) is 35.9 Å². The van der Waals surface area contributed by atoms with E-state index in [2.05, 4.69) is 17.4 Å². The number of aryl methyl sites for hydroxylation is 1. The average molecular weight is 422 g/mol. The minimum Gasteiger partial charge on any atom is -0.356 e. The van der Waals surface area contributed by atoms with Gasteiger partial charge < -0.3 is 5.32 Å². The highest BCUT2D eigenvalue weighted by Crippen LogP contribution is 2.27. The third-order valence-corrected chi connectivity index (χ3v) is 8.33. The molecule has 0 aromatic heterocycles. The van der Waals surface area contributed by atoms with E-state index >= 15 is 0 Å². The average Bonchev–Trinajstić information content (AvgIpc) is 2.77. The van der Waals surface area contributed by atoms with Crippen molar-refractivity contribution in [2.75, 3.05) is 26.7 Å². The predicted molar refractivity (Wildman–Crippen MR) is 116 cm³/mol. The van der Waals surface area contributed by atoms with Crippen LogP contribution in [0.15, 0.2) is 30.3 Å². The molecule has 2 aliphatic rings. The molecule has 0 radical (unpaired) electrons. The lowest BCUT2D eigenvalue weighted by atomic mass is 9.96. The molecule has 0 unspecified atom stereocenters. The van der Waals surface area contributed by atoms with Crippen LogP contribution in [-0.2, 0) is 21.4 Å². The summed E-state index contributed by atoms with van der Waals surface area (Å²) >= 11 is 0. The second kappa shape index (κ2) is 10.5. The van der Waals surface area contributed by atoms with E-state index in [9.17, 15) is 13.2 Å². The van der Waals surface area contributed by atoms with Gasteiger partial charge in [0.05, 0.1) is 5.92 Å². The maximum atomic E-state index is 13.1. The van der Waals surface area contributed by atoms with Gasteiger partial charge in [-0.15, -0.1) is 0 Å². The van der Waals surface area contributed by atoms with Crippen molar-refractivity contribution in [2.24, 2.45) is 5.92 Å². The summed E-state index contributed by atoms with van der Waals surface area (Å²) in [6, 6.07) is 10.3. The van der Waals surface area contributed by atoms with Gasteiger partial charge in [-0.3, -0.25) is 4.79 Å². The zero-order valence-corrected chi connectivity index (χ0v) is 18.4. The number of carbonyl (C=O) groups excluding carboxylic acids is 1. The van der Waals surface area contributed by atoms with E-state index in [0.717, 1.165) is 51.4 Å². The number of hydrogen-bond donors (Lipinski definition) is 1. The van der Waals surface area contributed by atoms with Gasteiger partial charge in [-0.25, -0.2) is 0 Å². The summed E-state index contributed by atoms with van der Waals surface area (Å²) in [4.78, 5) is 12.6. The van der Waals surface area contributed by atoms with Gasteiger partial charge in [-0.2, -0.15) is 17.0 Å². The molecule has 1 aliphatic carbocycles. The first-order chi connectivity index (χ1) is 14.0. The van der Waals surface area contributed by atoms with Gasteiger partial charge >= 0.3 is 0 Å². The lowest BCUT2D eigenvalue weighted by Gasteiger charge is -2.37. The molecule has 1 saturated heterocycles. The molecular formula is C22H35N3O3S. The molecule has 3 rings (SSSR count). The molecule has 1 aliphatic heterocycles. The summed E-state index contributed by atoms with van der Waals surface area (Å²) in [6.07, 6.45) is 8.57. The van der Waals surface area contributed by atoms with Crippen LogP contribution >= 0.6 is 0 Å². The molecule has 1 amide bonds. The number of hydrogen-bond acceptors (Lipinski definition) is 3. The Morgan fingerprint density at radius 2 is 1.83 bits per heavy atom. The summed E-state index contributed by atoms with van der Waals surface area (Å²) in [5, 5.41) is 3.01. The van der Waals surface area contributed by atoms with Crippen LogP contribution in [0.3, 0.4) is 0 Å². The maximum absolute atomic E-state index is 13.1. The van der Waals surface area contributed by atoms with Crippen LogP contribution in [0, 0.1) is 5.92 Å². The first kappa shape index (κ1) is 22.2. The number of rotatable bonds is 8. The molecule has 6 nitrogen and oxygen atoms in total. The lowest BCUT2D eigenvalue weighted by molar-refractivity contribution is -0.126. The van der Waals surface area contributed by atoms with E-state index in [1.807, 2.05) is 18.2 Å². The number of nitrogens with one attached hydrogen (secondary N) is 1. The van der Waals surface area contributed by atoms with E-state index in [1.54, 1.807) is 11.4 Å². The zero-order chi connectivity index (χ0) is 20.7. The predicted octanol–water partition coefficient (Wildman–Crippen LogP) is 2.96. The quantitative estimate of drug-likeness (QED) is 0.656. The fraction of sp³-hybridized carbons (Fsp3) is 0.682. The van der Waals surface area contributed by atoms with Crippen molar-refractivity contribution in [3.63, 3.8) is 0 Å². The standard InChI is InChI=1S/C22H35N3O3S/c1-24(21-14-6-3-7-15-21)29(27,28)25-17-9-13-20(18-25)22(26)23-16-8-12-19-10-4-2-5-11-19/h2,4-5,10-11,20-21H,3,6-9,12-18H2,1H3,(H,23,26)/t20-/m1/s1. The second-order valence-corrected chi connectivity index (χ2v) is 10.4. The SMILES string of the molecule is CN(C1CCCCC1)S(=O)(=O)N1CCC[C@@H](C(=O)NCCCc2ccccc2)C1. The van der Waals surface area contributed by atoms with Crippen molar-refractivity contribution in [2.45, 2.75) is 63.8 Å². The van der Waals surface area contributed by atoms with E-state index in [4.69, 9.17) is 0 Å². The Hall–Kier alpha value is -1.44. The van der Waals surface area contributed by atoms with Gasteiger partial charge in [0.1, 0.15) is 0 Å². The lowest BCUT2D eigenvalue weighted by Crippen LogP contribution is -2.52. The third kappa shape index (κ3) is 6.03. The molecule has 2 fully saturated rings. The van der Waals surface area contributed by atoms with Crippen molar-refractivity contribution in [1.29, 1.82) is 0 Å². The highest BCUT2D eigenvalue weighted by Gasteiger charge is 2.37. The first-order valence-electron chi connectivity index (χ1n) is 11.0. The molecule has 1 aromatic carbocycles. The van der Waals surface area contributed by atoms with Crippen molar-refractivity contribution in [1.82, 2.24) is 13.9 Å². The van der Waals surface area contributed by atoms with Crippen molar-refractivity contribution < 1.29 is 13.2 Å². The molecule has 1 aromatic rings. The monoisotopic (exact) mass is 421 g/mol. The minimum absolute atomic E-state index is 0.0155. The summed E-state index contributed by atoms with van der Waals surface area (Å²) in [7, 11) is -1.80. The number of carbonyl (C=O) groups is 1. The number of piperidine rings is 1. The summed E-state index contributed by atoms with van der Waals surface area (Å²) < 4.78 is 29.3. The molecule has 0 spiro atoms. The van der Waals surface area contributed by atoms with E-state index in [0.29, 0.717) is 19.6 Å². The van der Waals surface area contributed by atoms with Crippen LogP contribution in [0.2, 0.25) is 0 Å². The highest BCUT2D eigenvalue weighted by atomic mass is 32.2. The van der Waals surface area contributed by atoms with Gasteiger partial charge in [0.15, 0.2) is 0 Å². The molecule has 1 atom stereocenters. The molecular weight excluding hydrogens is 386 g/mol. The van der Waals surface area contributed by atoms with Gasteiger partial charge in [0, 0.05) is 32.7 Å². The highest BCUT2D eigenvalue weighted by molar-refractivity contribution is 7.86. The molecule has 0 bridgehead atoms. The van der Waals surface area contributed by atoms with Gasteiger partial charge in [-0.1, -0.05) is 49.6 Å². The first-order valence-corrected chi connectivity index (χ1v) is 12.4. The Labute approximate surface area is 175 Å². The minimum atomic E-state index is -3.50. The number of benzene rings is 1. The zero-order valence-electron chi connectivity index (χ0n) is 17.6. The maximum Gasteiger partial charge on any atom is 0.281 e. The molecule has 1 N–H and O–H groups in total. The van der Waals surface area contributed by atoms with E-state index < -0.39 is 10.2 Å². The Bertz CT molecular complexity index is 748. The fourth-order valence-corrected chi connectivity index (χ4v) is 6.15. The van der Waals surface area contributed by atoms with E-state index in [-0.39, 0.29) is 17.9 Å². The second-order valence-electron chi connectivity index (χ2n) is 8.39. The Morgan fingerprint density at radius 1 is 1.10 bits per heavy atom. The van der Waals surface area contributed by atoms with Crippen molar-refractivity contribution in [3.8, 4) is 0 Å². The molecule has 162 valence electrons. The van der Waals surface area contributed by atoms with Gasteiger partial charge in [-0.05, 0) is 44.1 Å². The topological polar surface area (TPSA) is 69.7 Å². The van der Waals surface area contributed by atoms with Crippen LogP contribution in [0.25, 0.3) is 0 Å². The van der Waals surface area contributed by atoms with Gasteiger partial charge in [0.2, 0.25) is 5.91 Å². The number of nitrogens with zero attached hydrogens (tertiary/aromatic N) is 2. The van der Waals surface area contributed by atoms with Gasteiger partial charge in [0.25, 0.3) is 10.2 Å². The third-order valence-electron chi connectivity index (χ3n) is 6.32. The molecule has 1 heterocycles. The van der Waals surface area contributed by atoms with E-state index in [1.165, 1.54) is 16.3 Å². The molecule has 29 heavy (non-hydrogen) atoms.